The first-order valence-electron chi connectivity index (χ1n) is 3.14. The highest BCUT2D eigenvalue weighted by Gasteiger charge is 2.06. The molecule has 0 atom stereocenters. The summed E-state index contributed by atoms with van der Waals surface area (Å²) >= 11 is 9.53. The first-order valence-corrected chi connectivity index (χ1v) is 6.52. The lowest BCUT2D eigenvalue weighted by molar-refractivity contribution is 0.609. The van der Waals surface area contributed by atoms with Crippen molar-refractivity contribution < 1.29 is 8.42 Å². The van der Waals surface area contributed by atoms with Crippen LogP contribution in [0.4, 0.5) is 0 Å². The Bertz CT molecular complexity index is 323. The van der Waals surface area contributed by atoms with Gasteiger partial charge in [-0.1, -0.05) is 18.2 Å². The summed E-state index contributed by atoms with van der Waals surface area (Å²) in [5.74, 6) is 0. The lowest BCUT2D eigenvalue weighted by Gasteiger charge is -1.91. The molecule has 0 fully saturated rings. The summed E-state index contributed by atoms with van der Waals surface area (Å²) in [6.07, 6.45) is 0. The van der Waals surface area contributed by atoms with E-state index in [0.29, 0.717) is 0 Å². The zero-order chi connectivity index (χ0) is 10.3. The van der Waals surface area contributed by atoms with E-state index in [9.17, 15) is 8.42 Å². The number of hydrogen-bond acceptors (Lipinski definition) is 2. The van der Waals surface area contributed by atoms with Crippen LogP contribution < -0.4 is 0 Å². The molecule has 2 nitrogen and oxygen atoms in total. The first-order chi connectivity index (χ1) is 6.02. The molecular weight excluding hydrogens is 255 g/mol. The molecule has 0 radical (unpaired) electrons. The zero-order valence-corrected chi connectivity index (χ0v) is 9.54. The fraction of sp³-hybridized carbons (Fsp3) is 0.143. The Balaban J connectivity index is 0.000000424. The number of benzene rings is 1. The molecule has 0 aliphatic rings. The van der Waals surface area contributed by atoms with Gasteiger partial charge in [-0.05, 0) is 12.1 Å². The van der Waals surface area contributed by atoms with Crippen LogP contribution in [-0.4, -0.2) is 13.8 Å². The standard InChI is InChI=1S/C6H5ClO2S.CH2Cl2/c7-10(8,9)6-4-2-1-3-5-6;2-1-3/h1-5H;1H2. The molecule has 0 N–H and O–H groups in total. The quantitative estimate of drug-likeness (QED) is 0.575. The third kappa shape index (κ3) is 6.16. The van der Waals surface area contributed by atoms with Gasteiger partial charge >= 0.3 is 0 Å². The Hall–Kier alpha value is 0.0400. The second-order valence-electron chi connectivity index (χ2n) is 1.85. The van der Waals surface area contributed by atoms with Crippen molar-refractivity contribution in [3.63, 3.8) is 0 Å². The van der Waals surface area contributed by atoms with E-state index in [1.54, 1.807) is 18.2 Å². The van der Waals surface area contributed by atoms with Crippen LogP contribution in [-0.2, 0) is 9.05 Å². The second-order valence-corrected chi connectivity index (χ2v) is 5.23. The predicted molar refractivity (Wildman–Crippen MR) is 56.1 cm³/mol. The Labute approximate surface area is 91.8 Å². The van der Waals surface area contributed by atoms with Crippen molar-refractivity contribution in [2.75, 3.05) is 5.34 Å². The van der Waals surface area contributed by atoms with E-state index in [1.807, 2.05) is 0 Å². The summed E-state index contributed by atoms with van der Waals surface area (Å²) in [6, 6.07) is 7.86. The number of alkyl halides is 2. The summed E-state index contributed by atoms with van der Waals surface area (Å²) < 4.78 is 21.2. The van der Waals surface area contributed by atoms with Crippen LogP contribution in [0.5, 0.6) is 0 Å². The van der Waals surface area contributed by atoms with Gasteiger partial charge in [0.25, 0.3) is 9.05 Å². The van der Waals surface area contributed by atoms with Gasteiger partial charge in [0.1, 0.15) is 0 Å². The minimum Gasteiger partial charge on any atom is -0.207 e. The fourth-order valence-electron chi connectivity index (χ4n) is 0.583. The topological polar surface area (TPSA) is 34.1 Å². The number of hydrogen-bond donors (Lipinski definition) is 0. The second kappa shape index (κ2) is 6.49. The summed E-state index contributed by atoms with van der Waals surface area (Å²) in [5, 5.41) is 0.194. The van der Waals surface area contributed by atoms with Crippen LogP contribution in [0.15, 0.2) is 35.2 Å². The molecule has 0 heterocycles. The van der Waals surface area contributed by atoms with Crippen LogP contribution in [0.25, 0.3) is 0 Å². The molecule has 74 valence electrons. The average molecular weight is 262 g/mol. The van der Waals surface area contributed by atoms with Crippen LogP contribution in [0, 0.1) is 0 Å². The number of halogens is 3. The third-order valence-corrected chi connectivity index (χ3v) is 2.39. The Kier molecular flexibility index (Phi) is 6.51. The van der Waals surface area contributed by atoms with Crippen LogP contribution in [0.2, 0.25) is 0 Å². The summed E-state index contributed by atoms with van der Waals surface area (Å²) in [6.45, 7) is 0. The van der Waals surface area contributed by atoms with E-state index in [1.165, 1.54) is 12.1 Å². The van der Waals surface area contributed by atoms with Crippen molar-refractivity contribution in [1.29, 1.82) is 0 Å². The first kappa shape index (κ1) is 13.0. The maximum atomic E-state index is 10.6. The van der Waals surface area contributed by atoms with Gasteiger partial charge in [-0.2, -0.15) is 0 Å². The van der Waals surface area contributed by atoms with Gasteiger partial charge in [-0.15, -0.1) is 23.2 Å². The molecule has 0 aliphatic carbocycles. The van der Waals surface area contributed by atoms with Gasteiger partial charge in [0.15, 0.2) is 0 Å². The van der Waals surface area contributed by atoms with Gasteiger partial charge in [-0.25, -0.2) is 8.42 Å². The smallest absolute Gasteiger partial charge is 0.207 e. The largest absolute Gasteiger partial charge is 0.261 e. The van der Waals surface area contributed by atoms with E-state index in [0.717, 1.165) is 0 Å². The van der Waals surface area contributed by atoms with Crippen molar-refractivity contribution >= 4 is 42.9 Å². The molecular formula is C7H7Cl3O2S. The molecule has 1 rings (SSSR count). The van der Waals surface area contributed by atoms with Gasteiger partial charge < -0.3 is 0 Å². The van der Waals surface area contributed by atoms with Crippen molar-refractivity contribution in [2.45, 2.75) is 4.90 Å². The number of rotatable bonds is 1. The summed E-state index contributed by atoms with van der Waals surface area (Å²) in [7, 11) is 1.50. The highest BCUT2D eigenvalue weighted by molar-refractivity contribution is 8.13. The van der Waals surface area contributed by atoms with E-state index >= 15 is 0 Å². The molecule has 0 aliphatic heterocycles. The molecule has 0 spiro atoms. The average Bonchev–Trinajstić information content (AvgIpc) is 2.06. The normalized spacial score (nSPS) is 10.1. The molecule has 0 amide bonds. The highest BCUT2D eigenvalue weighted by atomic mass is 35.7. The van der Waals surface area contributed by atoms with E-state index in [2.05, 4.69) is 0 Å². The summed E-state index contributed by atoms with van der Waals surface area (Å²) in [4.78, 5) is 0.136. The Morgan fingerprint density at radius 3 is 1.69 bits per heavy atom. The molecule has 6 heteroatoms. The van der Waals surface area contributed by atoms with Gasteiger partial charge in [0.2, 0.25) is 0 Å². The molecule has 0 unspecified atom stereocenters. The Morgan fingerprint density at radius 1 is 1.08 bits per heavy atom. The molecule has 13 heavy (non-hydrogen) atoms. The monoisotopic (exact) mass is 260 g/mol. The summed E-state index contributed by atoms with van der Waals surface area (Å²) in [5.41, 5.74) is 0. The van der Waals surface area contributed by atoms with E-state index in [-0.39, 0.29) is 10.2 Å². The van der Waals surface area contributed by atoms with Crippen LogP contribution >= 0.6 is 33.9 Å². The molecule has 1 aromatic rings. The third-order valence-electron chi connectivity index (χ3n) is 1.02. The molecule has 0 saturated heterocycles. The van der Waals surface area contributed by atoms with Crippen LogP contribution in [0.3, 0.4) is 0 Å². The molecule has 1 aromatic carbocycles. The van der Waals surface area contributed by atoms with Gasteiger partial charge in [-0.3, -0.25) is 0 Å². The lowest BCUT2D eigenvalue weighted by Crippen LogP contribution is -1.87. The fourth-order valence-corrected chi connectivity index (χ4v) is 1.37. The van der Waals surface area contributed by atoms with Gasteiger partial charge in [0.05, 0.1) is 10.2 Å². The van der Waals surface area contributed by atoms with Crippen molar-refractivity contribution in [2.24, 2.45) is 0 Å². The van der Waals surface area contributed by atoms with Crippen molar-refractivity contribution in [3.8, 4) is 0 Å². The molecule has 0 bridgehead atoms. The van der Waals surface area contributed by atoms with Crippen LogP contribution in [0.1, 0.15) is 0 Å². The molecule has 0 saturated carbocycles. The maximum Gasteiger partial charge on any atom is 0.261 e. The van der Waals surface area contributed by atoms with E-state index < -0.39 is 9.05 Å². The van der Waals surface area contributed by atoms with Gasteiger partial charge in [0, 0.05) is 10.7 Å². The lowest BCUT2D eigenvalue weighted by atomic mass is 10.4. The predicted octanol–water partition coefficient (Wildman–Crippen LogP) is 3.04. The Morgan fingerprint density at radius 2 is 1.46 bits per heavy atom. The molecule has 0 aromatic heterocycles. The minimum absolute atomic E-state index is 0.136. The van der Waals surface area contributed by atoms with Crippen molar-refractivity contribution in [1.82, 2.24) is 0 Å². The zero-order valence-electron chi connectivity index (χ0n) is 6.45. The van der Waals surface area contributed by atoms with E-state index in [4.69, 9.17) is 33.9 Å². The highest BCUT2D eigenvalue weighted by Crippen LogP contribution is 2.12. The van der Waals surface area contributed by atoms with Crippen molar-refractivity contribution in [3.05, 3.63) is 30.3 Å². The SMILES string of the molecule is ClCCl.O=S(=O)(Cl)c1ccccc1. The maximum absolute atomic E-state index is 10.6. The minimum atomic E-state index is -3.53.